The Kier molecular flexibility index (Phi) is 4.76. The molecule has 0 bridgehead atoms. The number of nitrogens with one attached hydrogen (secondary N) is 1. The van der Waals surface area contributed by atoms with E-state index in [2.05, 4.69) is 5.32 Å². The molecule has 0 aromatic heterocycles. The van der Waals surface area contributed by atoms with Gasteiger partial charge in [0.05, 0.1) is 11.8 Å². The summed E-state index contributed by atoms with van der Waals surface area (Å²) in [5.74, 6) is -0.452. The monoisotopic (exact) mass is 337 g/mol. The molecule has 3 rings (SSSR count). The predicted molar refractivity (Wildman–Crippen MR) is 85.7 cm³/mol. The average Bonchev–Trinajstić information content (AvgIpc) is 2.54. The third-order valence-corrected chi connectivity index (χ3v) is 4.96. The molecule has 2 aliphatic rings. The van der Waals surface area contributed by atoms with E-state index in [1.165, 1.54) is 0 Å². The van der Waals surface area contributed by atoms with Gasteiger partial charge in [-0.25, -0.2) is 0 Å². The van der Waals surface area contributed by atoms with E-state index in [9.17, 15) is 9.59 Å². The van der Waals surface area contributed by atoms with E-state index in [1.54, 1.807) is 6.07 Å². The van der Waals surface area contributed by atoms with Crippen molar-refractivity contribution in [1.29, 1.82) is 0 Å². The Balaban J connectivity index is 1.55. The van der Waals surface area contributed by atoms with Gasteiger partial charge < -0.3 is 15.2 Å². The van der Waals surface area contributed by atoms with Gasteiger partial charge in [0.25, 0.3) is 0 Å². The van der Waals surface area contributed by atoms with Gasteiger partial charge in [-0.05, 0) is 55.9 Å². The Hall–Kier alpha value is -1.75. The average molecular weight is 338 g/mol. The zero-order chi connectivity index (χ0) is 16.4. The first-order chi connectivity index (χ1) is 11.0. The van der Waals surface area contributed by atoms with Crippen LogP contribution >= 0.6 is 11.6 Å². The van der Waals surface area contributed by atoms with Crippen LogP contribution in [0.4, 0.5) is 0 Å². The van der Waals surface area contributed by atoms with Gasteiger partial charge in [0, 0.05) is 11.1 Å². The van der Waals surface area contributed by atoms with Crippen LogP contribution in [0.5, 0.6) is 5.75 Å². The van der Waals surface area contributed by atoms with Crippen LogP contribution in [0.2, 0.25) is 5.02 Å². The molecule has 1 aromatic rings. The van der Waals surface area contributed by atoms with Crippen LogP contribution in [0.15, 0.2) is 18.2 Å². The molecule has 0 saturated heterocycles. The standard InChI is InChI=1S/C17H20ClNO4/c18-13-3-6-15-11(8-13)7-12(9-23-15)16(20)19-14-4-1-10(2-5-14)17(21)22/h3,6,8,10,12,14H,1-2,4-5,7,9H2,(H,19,20)(H,21,22). The van der Waals surface area contributed by atoms with E-state index in [0.29, 0.717) is 30.9 Å². The molecule has 1 aromatic carbocycles. The molecule has 1 aliphatic carbocycles. The second kappa shape index (κ2) is 6.79. The number of hydrogen-bond donors (Lipinski definition) is 2. The summed E-state index contributed by atoms with van der Waals surface area (Å²) in [4.78, 5) is 23.4. The Morgan fingerprint density at radius 3 is 2.61 bits per heavy atom. The molecule has 0 radical (unpaired) electrons. The minimum atomic E-state index is -0.732. The lowest BCUT2D eigenvalue weighted by Crippen LogP contribution is -2.44. The summed E-state index contributed by atoms with van der Waals surface area (Å²) in [7, 11) is 0. The Morgan fingerprint density at radius 1 is 1.17 bits per heavy atom. The number of carboxylic acids is 1. The van der Waals surface area contributed by atoms with Gasteiger partial charge in [0.1, 0.15) is 12.4 Å². The predicted octanol–water partition coefficient (Wildman–Crippen LogP) is 2.65. The summed E-state index contributed by atoms with van der Waals surface area (Å²) >= 11 is 5.99. The molecule has 23 heavy (non-hydrogen) atoms. The van der Waals surface area contributed by atoms with Crippen molar-refractivity contribution in [3.63, 3.8) is 0 Å². The maximum absolute atomic E-state index is 12.4. The SMILES string of the molecule is O=C(O)C1CCC(NC(=O)C2COc3ccc(Cl)cc3C2)CC1. The number of aliphatic carboxylic acids is 1. The van der Waals surface area contributed by atoms with Gasteiger partial charge >= 0.3 is 5.97 Å². The van der Waals surface area contributed by atoms with Gasteiger partial charge in [0.2, 0.25) is 5.91 Å². The van der Waals surface area contributed by atoms with Crippen LogP contribution < -0.4 is 10.1 Å². The fourth-order valence-electron chi connectivity index (χ4n) is 3.34. The molecule has 1 saturated carbocycles. The molecule has 1 fully saturated rings. The smallest absolute Gasteiger partial charge is 0.306 e. The van der Waals surface area contributed by atoms with Crippen LogP contribution in [0, 0.1) is 11.8 Å². The van der Waals surface area contributed by atoms with Crippen LogP contribution in [0.25, 0.3) is 0 Å². The summed E-state index contributed by atoms with van der Waals surface area (Å²) in [5.41, 5.74) is 0.957. The molecule has 1 amide bonds. The Morgan fingerprint density at radius 2 is 1.91 bits per heavy atom. The summed E-state index contributed by atoms with van der Waals surface area (Å²) in [6, 6.07) is 5.52. The zero-order valence-electron chi connectivity index (χ0n) is 12.8. The highest BCUT2D eigenvalue weighted by Crippen LogP contribution is 2.30. The fraction of sp³-hybridized carbons (Fsp3) is 0.529. The number of carboxylic acid groups (broad SMARTS) is 1. The fourth-order valence-corrected chi connectivity index (χ4v) is 3.53. The Bertz CT molecular complexity index is 611. The van der Waals surface area contributed by atoms with E-state index < -0.39 is 5.97 Å². The van der Waals surface area contributed by atoms with Gasteiger partial charge in [-0.15, -0.1) is 0 Å². The lowest BCUT2D eigenvalue weighted by Gasteiger charge is -2.30. The number of carbonyl (C=O) groups is 2. The van der Waals surface area contributed by atoms with Crippen LogP contribution in [-0.4, -0.2) is 29.6 Å². The summed E-state index contributed by atoms with van der Waals surface area (Å²) in [6.45, 7) is 0.366. The summed E-state index contributed by atoms with van der Waals surface area (Å²) < 4.78 is 5.65. The van der Waals surface area contributed by atoms with Crippen LogP contribution in [0.3, 0.4) is 0 Å². The van der Waals surface area contributed by atoms with Crippen molar-refractivity contribution in [2.24, 2.45) is 11.8 Å². The van der Waals surface area contributed by atoms with E-state index in [1.807, 2.05) is 12.1 Å². The van der Waals surface area contributed by atoms with E-state index >= 15 is 0 Å². The quantitative estimate of drug-likeness (QED) is 0.889. The molecule has 1 unspecified atom stereocenters. The highest BCUT2D eigenvalue weighted by Gasteiger charge is 2.30. The maximum atomic E-state index is 12.4. The molecule has 2 N–H and O–H groups in total. The van der Waals surface area contributed by atoms with Crippen molar-refractivity contribution >= 4 is 23.5 Å². The number of hydrogen-bond acceptors (Lipinski definition) is 3. The molecule has 124 valence electrons. The number of halogens is 1. The summed E-state index contributed by atoms with van der Waals surface area (Å²) in [5, 5.41) is 12.7. The molecular weight excluding hydrogens is 318 g/mol. The number of amides is 1. The lowest BCUT2D eigenvalue weighted by molar-refractivity contribution is -0.142. The number of carbonyl (C=O) groups excluding carboxylic acids is 1. The first-order valence-corrected chi connectivity index (χ1v) is 8.35. The summed E-state index contributed by atoms with van der Waals surface area (Å²) in [6.07, 6.45) is 3.31. The largest absolute Gasteiger partial charge is 0.492 e. The normalized spacial score (nSPS) is 26.7. The second-order valence-corrected chi connectivity index (χ2v) is 6.80. The van der Waals surface area contributed by atoms with Gasteiger partial charge in [-0.2, -0.15) is 0 Å². The first-order valence-electron chi connectivity index (χ1n) is 7.97. The third kappa shape index (κ3) is 3.78. The highest BCUT2D eigenvalue weighted by atomic mass is 35.5. The maximum Gasteiger partial charge on any atom is 0.306 e. The van der Waals surface area contributed by atoms with Gasteiger partial charge in [0.15, 0.2) is 0 Å². The molecule has 5 nitrogen and oxygen atoms in total. The number of ether oxygens (including phenoxy) is 1. The van der Waals surface area contributed by atoms with Crippen molar-refractivity contribution in [3.05, 3.63) is 28.8 Å². The number of rotatable bonds is 3. The molecule has 1 aliphatic heterocycles. The minimum Gasteiger partial charge on any atom is -0.492 e. The van der Waals surface area contributed by atoms with Gasteiger partial charge in [-0.3, -0.25) is 9.59 Å². The van der Waals surface area contributed by atoms with Crippen molar-refractivity contribution in [2.75, 3.05) is 6.61 Å². The van der Waals surface area contributed by atoms with E-state index in [0.717, 1.165) is 24.2 Å². The molecule has 0 spiro atoms. The molecule has 1 heterocycles. The number of benzene rings is 1. The van der Waals surface area contributed by atoms with Crippen molar-refractivity contribution in [3.8, 4) is 5.75 Å². The van der Waals surface area contributed by atoms with E-state index in [4.69, 9.17) is 21.4 Å². The van der Waals surface area contributed by atoms with Crippen molar-refractivity contribution in [1.82, 2.24) is 5.32 Å². The first kappa shape index (κ1) is 16.1. The zero-order valence-corrected chi connectivity index (χ0v) is 13.5. The van der Waals surface area contributed by atoms with Crippen LogP contribution in [-0.2, 0) is 16.0 Å². The molecular formula is C17H20ClNO4. The lowest BCUT2D eigenvalue weighted by atomic mass is 9.85. The molecule has 1 atom stereocenters. The topological polar surface area (TPSA) is 75.6 Å². The second-order valence-electron chi connectivity index (χ2n) is 6.36. The Labute approximate surface area is 140 Å². The molecule has 6 heteroatoms. The van der Waals surface area contributed by atoms with Gasteiger partial charge in [-0.1, -0.05) is 11.6 Å². The number of fused-ring (bicyclic) bond motifs is 1. The minimum absolute atomic E-state index is 0.0191. The third-order valence-electron chi connectivity index (χ3n) is 4.72. The van der Waals surface area contributed by atoms with Crippen molar-refractivity contribution in [2.45, 2.75) is 38.1 Å². The van der Waals surface area contributed by atoms with E-state index in [-0.39, 0.29) is 23.8 Å². The van der Waals surface area contributed by atoms with Crippen molar-refractivity contribution < 1.29 is 19.4 Å². The highest BCUT2D eigenvalue weighted by molar-refractivity contribution is 6.30. The van der Waals surface area contributed by atoms with Crippen LogP contribution in [0.1, 0.15) is 31.2 Å².